The molecule has 1 heterocycles. The molecule has 0 unspecified atom stereocenters. The van der Waals surface area contributed by atoms with Crippen LogP contribution < -0.4 is 10.8 Å². The zero-order valence-electron chi connectivity index (χ0n) is 9.07. The Balaban J connectivity index is 2.25. The van der Waals surface area contributed by atoms with E-state index in [1.165, 1.54) is 0 Å². The Labute approximate surface area is 94.5 Å². The van der Waals surface area contributed by atoms with Crippen LogP contribution in [-0.4, -0.2) is 23.0 Å². The van der Waals surface area contributed by atoms with Crippen molar-refractivity contribution < 1.29 is 10.0 Å². The molecule has 16 heavy (non-hydrogen) atoms. The minimum atomic E-state index is -1.45. The molecule has 1 aliphatic rings. The molecule has 0 fully saturated rings. The molecule has 0 bridgehead atoms. The second kappa shape index (κ2) is 4.12. The minimum Gasteiger partial charge on any atom is -0.423 e. The summed E-state index contributed by atoms with van der Waals surface area (Å²) in [4.78, 5) is 4.36. The molecule has 0 amide bonds. The summed E-state index contributed by atoms with van der Waals surface area (Å²) >= 11 is 0. The summed E-state index contributed by atoms with van der Waals surface area (Å²) in [5, 5.41) is 21.2. The number of nitrogens with zero attached hydrogens (tertiary/aromatic N) is 1. The van der Waals surface area contributed by atoms with Crippen molar-refractivity contribution in [1.82, 2.24) is 5.32 Å². The van der Waals surface area contributed by atoms with Crippen molar-refractivity contribution in [1.29, 1.82) is 0 Å². The summed E-state index contributed by atoms with van der Waals surface area (Å²) in [6, 6.07) is 5.25. The van der Waals surface area contributed by atoms with Gasteiger partial charge in [0.15, 0.2) is 0 Å². The van der Waals surface area contributed by atoms with Crippen LogP contribution in [-0.2, 0) is 6.42 Å². The Bertz CT molecular complexity index is 469. The van der Waals surface area contributed by atoms with Crippen molar-refractivity contribution in [2.45, 2.75) is 13.3 Å². The van der Waals surface area contributed by atoms with Gasteiger partial charge in [-0.2, -0.15) is 0 Å². The summed E-state index contributed by atoms with van der Waals surface area (Å²) in [6.07, 6.45) is 0.726. The molecule has 1 aliphatic heterocycles. The van der Waals surface area contributed by atoms with Crippen molar-refractivity contribution >= 4 is 24.1 Å². The maximum absolute atomic E-state index is 9.04. The van der Waals surface area contributed by atoms with Crippen LogP contribution in [0.2, 0.25) is 0 Å². The van der Waals surface area contributed by atoms with Crippen molar-refractivity contribution in [2.75, 3.05) is 0 Å². The predicted octanol–water partition coefficient (Wildman–Crippen LogP) is 0.0757. The first-order valence-electron chi connectivity index (χ1n) is 5.05. The summed E-state index contributed by atoms with van der Waals surface area (Å²) in [7, 11) is -1.45. The van der Waals surface area contributed by atoms with Gasteiger partial charge in [-0.1, -0.05) is 18.7 Å². The lowest BCUT2D eigenvalue weighted by molar-refractivity contribution is 0.426. The average Bonchev–Trinajstić information content (AvgIpc) is 2.56. The lowest BCUT2D eigenvalue weighted by Gasteiger charge is -2.02. The zero-order valence-corrected chi connectivity index (χ0v) is 9.07. The number of hydrogen-bond donors (Lipinski definition) is 3. The highest BCUT2D eigenvalue weighted by molar-refractivity contribution is 6.58. The summed E-state index contributed by atoms with van der Waals surface area (Å²) < 4.78 is 0. The van der Waals surface area contributed by atoms with E-state index in [2.05, 4.69) is 16.9 Å². The fourth-order valence-corrected chi connectivity index (χ4v) is 1.68. The monoisotopic (exact) mass is 216 g/mol. The first-order valence-corrected chi connectivity index (χ1v) is 5.05. The van der Waals surface area contributed by atoms with E-state index in [0.717, 1.165) is 29.2 Å². The maximum Gasteiger partial charge on any atom is 0.488 e. The molecular weight excluding hydrogens is 203 g/mol. The molecule has 0 saturated carbocycles. The van der Waals surface area contributed by atoms with Crippen LogP contribution in [0.3, 0.4) is 0 Å². The van der Waals surface area contributed by atoms with Crippen LogP contribution >= 0.6 is 0 Å². The maximum atomic E-state index is 9.04. The van der Waals surface area contributed by atoms with Crippen molar-refractivity contribution in [2.24, 2.45) is 4.99 Å². The fourth-order valence-electron chi connectivity index (χ4n) is 1.68. The third-order valence-electron chi connectivity index (χ3n) is 2.38. The van der Waals surface area contributed by atoms with Crippen molar-refractivity contribution in [3.63, 3.8) is 0 Å². The van der Waals surface area contributed by atoms with E-state index in [0.29, 0.717) is 5.46 Å². The lowest BCUT2D eigenvalue weighted by Crippen LogP contribution is -2.29. The van der Waals surface area contributed by atoms with Gasteiger partial charge in [-0.3, -0.25) is 0 Å². The Morgan fingerprint density at radius 3 is 2.88 bits per heavy atom. The number of allylic oxidation sites excluding steroid dienone is 1. The van der Waals surface area contributed by atoms with Crippen LogP contribution in [0.15, 0.2) is 35.5 Å². The Kier molecular flexibility index (Phi) is 2.81. The van der Waals surface area contributed by atoms with Gasteiger partial charge in [-0.15, -0.1) is 0 Å². The number of amidine groups is 1. The molecule has 0 saturated heterocycles. The third-order valence-corrected chi connectivity index (χ3v) is 2.38. The molecule has 0 atom stereocenters. The molecule has 82 valence electrons. The summed E-state index contributed by atoms with van der Waals surface area (Å²) in [5.74, 6) is 0.840. The second-order valence-corrected chi connectivity index (χ2v) is 3.90. The molecular formula is C11H13BN2O2. The first-order chi connectivity index (χ1) is 7.56. The SMILES string of the molecule is C=C(C)NC1=Nc2cc(B(O)O)ccc2C1. The van der Waals surface area contributed by atoms with Crippen molar-refractivity contribution in [3.8, 4) is 0 Å². The van der Waals surface area contributed by atoms with Gasteiger partial charge in [0.25, 0.3) is 0 Å². The second-order valence-electron chi connectivity index (χ2n) is 3.90. The van der Waals surface area contributed by atoms with Gasteiger partial charge < -0.3 is 15.4 Å². The number of aliphatic imine (C=N–C) groups is 1. The number of hydrogen-bond acceptors (Lipinski definition) is 4. The fraction of sp³-hybridized carbons (Fsp3) is 0.182. The molecule has 0 radical (unpaired) electrons. The van der Waals surface area contributed by atoms with Gasteiger partial charge >= 0.3 is 7.12 Å². The molecule has 4 nitrogen and oxygen atoms in total. The van der Waals surface area contributed by atoms with Crippen molar-refractivity contribution in [3.05, 3.63) is 36.0 Å². The van der Waals surface area contributed by atoms with Crippen LogP contribution in [0.5, 0.6) is 0 Å². The van der Waals surface area contributed by atoms with Gasteiger partial charge in [0.2, 0.25) is 0 Å². The zero-order chi connectivity index (χ0) is 11.7. The van der Waals surface area contributed by atoms with Gasteiger partial charge in [0.1, 0.15) is 5.84 Å². The largest absolute Gasteiger partial charge is 0.488 e. The number of rotatable bonds is 2. The Morgan fingerprint density at radius 1 is 1.50 bits per heavy atom. The number of fused-ring (bicyclic) bond motifs is 1. The number of benzene rings is 1. The molecule has 2 rings (SSSR count). The van der Waals surface area contributed by atoms with E-state index in [1.54, 1.807) is 12.1 Å². The highest BCUT2D eigenvalue weighted by Gasteiger charge is 2.18. The normalized spacial score (nSPS) is 13.1. The average molecular weight is 216 g/mol. The molecule has 1 aromatic rings. The first kappa shape index (κ1) is 10.9. The van der Waals surface area contributed by atoms with E-state index in [1.807, 2.05) is 13.0 Å². The Hall–Kier alpha value is -1.59. The van der Waals surface area contributed by atoms with E-state index >= 15 is 0 Å². The molecule has 0 aromatic heterocycles. The molecule has 0 aliphatic carbocycles. The van der Waals surface area contributed by atoms with Crippen LogP contribution in [0.1, 0.15) is 12.5 Å². The molecule has 1 aromatic carbocycles. The van der Waals surface area contributed by atoms with Crippen LogP contribution in [0.25, 0.3) is 0 Å². The quantitative estimate of drug-likeness (QED) is 0.613. The summed E-state index contributed by atoms with van der Waals surface area (Å²) in [5.41, 5.74) is 3.16. The molecule has 0 spiro atoms. The van der Waals surface area contributed by atoms with E-state index in [4.69, 9.17) is 10.0 Å². The smallest absolute Gasteiger partial charge is 0.423 e. The topological polar surface area (TPSA) is 64.9 Å². The highest BCUT2D eigenvalue weighted by Crippen LogP contribution is 2.24. The standard InChI is InChI=1S/C11H13BN2O2/c1-7(2)13-11-5-8-3-4-9(12(15)16)6-10(8)14-11/h3-4,6,15-16H,1,5H2,2H3,(H,13,14). The Morgan fingerprint density at radius 2 is 2.25 bits per heavy atom. The van der Waals surface area contributed by atoms with Gasteiger partial charge in [-0.25, -0.2) is 4.99 Å². The third kappa shape index (κ3) is 2.15. The molecule has 3 N–H and O–H groups in total. The van der Waals surface area contributed by atoms with E-state index in [-0.39, 0.29) is 0 Å². The number of nitrogens with one attached hydrogen (secondary N) is 1. The predicted molar refractivity (Wildman–Crippen MR) is 65.0 cm³/mol. The van der Waals surface area contributed by atoms with E-state index < -0.39 is 7.12 Å². The lowest BCUT2D eigenvalue weighted by atomic mass is 9.79. The van der Waals surface area contributed by atoms with Crippen LogP contribution in [0.4, 0.5) is 5.69 Å². The van der Waals surface area contributed by atoms with Gasteiger partial charge in [0, 0.05) is 12.1 Å². The van der Waals surface area contributed by atoms with Crippen LogP contribution in [0, 0.1) is 0 Å². The van der Waals surface area contributed by atoms with Gasteiger partial charge in [0.05, 0.1) is 5.69 Å². The summed E-state index contributed by atoms with van der Waals surface area (Å²) in [6.45, 7) is 5.62. The van der Waals surface area contributed by atoms with E-state index in [9.17, 15) is 0 Å². The molecule has 5 heteroatoms. The van der Waals surface area contributed by atoms with Gasteiger partial charge in [-0.05, 0) is 24.0 Å². The highest BCUT2D eigenvalue weighted by atomic mass is 16.4. The minimum absolute atomic E-state index is 0.457.